The number of H-pyrrole nitrogens is 2. The molecule has 2 atom stereocenters. The van der Waals surface area contributed by atoms with Gasteiger partial charge in [-0.1, -0.05) is 18.5 Å². The van der Waals surface area contributed by atoms with Crippen LogP contribution < -0.4 is 5.69 Å². The van der Waals surface area contributed by atoms with Gasteiger partial charge in [-0.15, -0.1) is 0 Å². The third-order valence-electron chi connectivity index (χ3n) is 9.25. The van der Waals surface area contributed by atoms with E-state index in [1.54, 1.807) is 45.6 Å². The van der Waals surface area contributed by atoms with Gasteiger partial charge in [-0.05, 0) is 62.4 Å². The van der Waals surface area contributed by atoms with Crippen LogP contribution >= 0.6 is 11.6 Å². The largest absolute Gasteiger partial charge is 0.399 e. The summed E-state index contributed by atoms with van der Waals surface area (Å²) >= 11 is 6.57. The molecule has 45 heavy (non-hydrogen) atoms. The predicted molar refractivity (Wildman–Crippen MR) is 165 cm³/mol. The fourth-order valence-electron chi connectivity index (χ4n) is 6.43. The summed E-state index contributed by atoms with van der Waals surface area (Å²) in [4.78, 5) is 39.6. The SMILES string of the molecule is CCC(CCN(C)C(=O)C[C@@H]1Cc2cc(Cl)c3[nH]ncc3c2Cn2c(C(C)(C)C(F)(F)F)cnc21)n1c(=O)[nH]c2ncccc21. The Labute approximate surface area is 261 Å². The molecular weight excluding hydrogens is 609 g/mol. The summed E-state index contributed by atoms with van der Waals surface area (Å²) in [5.41, 5.74) is 1.06. The summed E-state index contributed by atoms with van der Waals surface area (Å²) in [6.07, 6.45) is 1.62. The number of halogens is 4. The van der Waals surface area contributed by atoms with Crippen LogP contribution in [0.2, 0.25) is 5.02 Å². The average Bonchev–Trinajstić information content (AvgIpc) is 3.70. The minimum absolute atomic E-state index is 0.0275. The highest BCUT2D eigenvalue weighted by Gasteiger charge is 2.51. The Morgan fingerprint density at radius 1 is 1.24 bits per heavy atom. The molecule has 0 spiro atoms. The molecule has 5 heterocycles. The van der Waals surface area contributed by atoms with Gasteiger partial charge >= 0.3 is 11.9 Å². The second-order valence-electron chi connectivity index (χ2n) is 12.3. The second-order valence-corrected chi connectivity index (χ2v) is 12.7. The summed E-state index contributed by atoms with van der Waals surface area (Å²) in [6.45, 7) is 4.79. The van der Waals surface area contributed by atoms with Crippen LogP contribution in [0.5, 0.6) is 0 Å². The molecule has 238 valence electrons. The number of pyridine rings is 1. The smallest absolute Gasteiger partial charge is 0.346 e. The van der Waals surface area contributed by atoms with Crippen LogP contribution in [0.4, 0.5) is 13.2 Å². The summed E-state index contributed by atoms with van der Waals surface area (Å²) in [5, 5.41) is 8.18. The zero-order valence-electron chi connectivity index (χ0n) is 25.4. The van der Waals surface area contributed by atoms with Crippen molar-refractivity contribution in [2.24, 2.45) is 0 Å². The Bertz CT molecular complexity index is 1950. The number of imidazole rings is 2. The highest BCUT2D eigenvalue weighted by atomic mass is 35.5. The first-order chi connectivity index (χ1) is 21.3. The van der Waals surface area contributed by atoms with E-state index in [-0.39, 0.29) is 36.3 Å². The van der Waals surface area contributed by atoms with E-state index in [2.05, 4.69) is 25.1 Å². The molecule has 14 heteroatoms. The monoisotopic (exact) mass is 642 g/mol. The van der Waals surface area contributed by atoms with Crippen molar-refractivity contribution in [3.8, 4) is 0 Å². The number of aromatic nitrogens is 7. The molecule has 1 amide bonds. The molecule has 0 bridgehead atoms. The molecule has 10 nitrogen and oxygen atoms in total. The molecule has 0 saturated carbocycles. The Hall–Kier alpha value is -4.13. The zero-order valence-corrected chi connectivity index (χ0v) is 26.1. The first kappa shape index (κ1) is 30.9. The van der Waals surface area contributed by atoms with Gasteiger partial charge in [-0.2, -0.15) is 18.3 Å². The van der Waals surface area contributed by atoms with Crippen molar-refractivity contribution in [2.75, 3.05) is 13.6 Å². The Morgan fingerprint density at radius 3 is 2.76 bits per heavy atom. The van der Waals surface area contributed by atoms with Crippen molar-refractivity contribution < 1.29 is 18.0 Å². The van der Waals surface area contributed by atoms with Gasteiger partial charge in [-0.3, -0.25) is 19.4 Å². The van der Waals surface area contributed by atoms with Gasteiger partial charge in [0.15, 0.2) is 5.65 Å². The number of rotatable bonds is 8. The standard InChI is InChI=1S/C31H34ClF3N8O2/c1-5-19(43-23-7-6-9-36-27(23)39-29(43)45)8-10-41(4)25(44)13-18-11-17-12-22(32)26-20(14-38-40-26)21(17)16-42-24(15-37-28(18)42)30(2,3)31(33,34)35/h6-7,9,12,14-15,18-19H,5,8,10-11,13,16H2,1-4H3,(H,38,40)(H,36,39,45)/t18-,19?/m0/s1. The Kier molecular flexibility index (Phi) is 7.78. The predicted octanol–water partition coefficient (Wildman–Crippen LogP) is 5.87. The van der Waals surface area contributed by atoms with Crippen LogP contribution in [0, 0.1) is 0 Å². The van der Waals surface area contributed by atoms with Crippen molar-refractivity contribution >= 4 is 39.6 Å². The number of nitrogens with one attached hydrogen (secondary N) is 2. The Morgan fingerprint density at radius 2 is 2.02 bits per heavy atom. The number of fused-ring (bicyclic) bond motifs is 5. The lowest BCUT2D eigenvalue weighted by Crippen LogP contribution is -2.38. The molecule has 1 aliphatic rings. The molecule has 5 aromatic rings. The number of benzene rings is 1. The van der Waals surface area contributed by atoms with E-state index in [0.29, 0.717) is 53.3 Å². The number of amides is 1. The second kappa shape index (κ2) is 11.3. The fraction of sp³-hybridized carbons (Fsp3) is 0.452. The van der Waals surface area contributed by atoms with Crippen LogP contribution in [0.1, 0.15) is 74.6 Å². The van der Waals surface area contributed by atoms with Crippen molar-refractivity contribution in [1.82, 2.24) is 39.2 Å². The van der Waals surface area contributed by atoms with E-state index >= 15 is 0 Å². The lowest BCUT2D eigenvalue weighted by atomic mass is 9.88. The summed E-state index contributed by atoms with van der Waals surface area (Å²) in [5.74, 6) is -0.242. The molecule has 1 aromatic carbocycles. The van der Waals surface area contributed by atoms with Crippen LogP contribution in [0.25, 0.3) is 22.1 Å². The number of carbonyl (C=O) groups excluding carboxylic acids is 1. The highest BCUT2D eigenvalue weighted by molar-refractivity contribution is 6.35. The lowest BCUT2D eigenvalue weighted by molar-refractivity contribution is -0.181. The van der Waals surface area contributed by atoms with Crippen LogP contribution in [0.15, 0.2) is 41.6 Å². The first-order valence-electron chi connectivity index (χ1n) is 14.9. The molecule has 0 saturated heterocycles. The van der Waals surface area contributed by atoms with E-state index < -0.39 is 17.5 Å². The molecule has 4 aromatic heterocycles. The first-order valence-corrected chi connectivity index (χ1v) is 15.2. The average molecular weight is 643 g/mol. The van der Waals surface area contributed by atoms with Gasteiger partial charge in [0.1, 0.15) is 11.2 Å². The van der Waals surface area contributed by atoms with E-state index in [1.165, 1.54) is 6.20 Å². The minimum atomic E-state index is -4.52. The number of nitrogens with zero attached hydrogens (tertiary/aromatic N) is 6. The summed E-state index contributed by atoms with van der Waals surface area (Å²) in [7, 11) is 1.70. The van der Waals surface area contributed by atoms with Gasteiger partial charge < -0.3 is 9.47 Å². The van der Waals surface area contributed by atoms with Crippen molar-refractivity contribution in [2.45, 2.75) is 76.6 Å². The van der Waals surface area contributed by atoms with Gasteiger partial charge in [-0.25, -0.2) is 14.8 Å². The molecule has 0 radical (unpaired) electrons. The maximum atomic E-state index is 14.3. The molecule has 1 aliphatic heterocycles. The van der Waals surface area contributed by atoms with Crippen LogP contribution in [-0.4, -0.2) is 64.9 Å². The fourth-order valence-corrected chi connectivity index (χ4v) is 6.70. The van der Waals surface area contributed by atoms with Crippen molar-refractivity contribution in [3.63, 3.8) is 0 Å². The van der Waals surface area contributed by atoms with E-state index in [9.17, 15) is 22.8 Å². The van der Waals surface area contributed by atoms with Gasteiger partial charge in [0.2, 0.25) is 5.91 Å². The van der Waals surface area contributed by atoms with Crippen molar-refractivity contribution in [1.29, 1.82) is 0 Å². The number of hydrogen-bond donors (Lipinski definition) is 2. The lowest BCUT2D eigenvalue weighted by Gasteiger charge is -2.29. The quantitative estimate of drug-likeness (QED) is 0.220. The van der Waals surface area contributed by atoms with E-state index in [1.807, 2.05) is 13.0 Å². The molecule has 0 fully saturated rings. The normalized spacial score (nSPS) is 16.0. The molecule has 1 unspecified atom stereocenters. The topological polar surface area (TPSA) is 117 Å². The Balaban J connectivity index is 1.29. The number of aromatic amines is 2. The molecular formula is C31H34ClF3N8O2. The number of carbonyl (C=O) groups is 1. The van der Waals surface area contributed by atoms with E-state index in [4.69, 9.17) is 11.6 Å². The zero-order chi connectivity index (χ0) is 32.3. The number of alkyl halides is 3. The van der Waals surface area contributed by atoms with Crippen LogP contribution in [0.3, 0.4) is 0 Å². The molecule has 6 rings (SSSR count). The number of hydrogen-bond acceptors (Lipinski definition) is 5. The van der Waals surface area contributed by atoms with Gasteiger partial charge in [0, 0.05) is 49.8 Å². The van der Waals surface area contributed by atoms with Gasteiger partial charge in [0.05, 0.1) is 34.5 Å². The third kappa shape index (κ3) is 5.30. The molecule has 2 N–H and O–H groups in total. The maximum absolute atomic E-state index is 14.3. The maximum Gasteiger partial charge on any atom is 0.399 e. The van der Waals surface area contributed by atoms with Crippen LogP contribution in [-0.2, 0) is 23.2 Å². The van der Waals surface area contributed by atoms with E-state index in [0.717, 1.165) is 30.4 Å². The molecule has 0 aliphatic carbocycles. The van der Waals surface area contributed by atoms with Crippen molar-refractivity contribution in [3.05, 3.63) is 74.9 Å². The summed E-state index contributed by atoms with van der Waals surface area (Å²) < 4.78 is 46.1. The minimum Gasteiger partial charge on any atom is -0.346 e. The van der Waals surface area contributed by atoms with Gasteiger partial charge in [0.25, 0.3) is 0 Å². The summed E-state index contributed by atoms with van der Waals surface area (Å²) in [6, 6.07) is 5.25. The third-order valence-corrected chi connectivity index (χ3v) is 9.54. The highest BCUT2D eigenvalue weighted by Crippen LogP contribution is 2.44.